The highest BCUT2D eigenvalue weighted by molar-refractivity contribution is 8.00. The second-order valence-electron chi connectivity index (χ2n) is 10.0. The fourth-order valence-electron chi connectivity index (χ4n) is 4.74. The first kappa shape index (κ1) is 31.3. The Morgan fingerprint density at radius 2 is 1.86 bits per heavy atom. The standard InChI is InChI=1S/C32H32FN3O6S2/c1-4-6-7-16-41-23-15-11-21(17-25(23)40-5-2)27-26(28(37)24-14-8-19(3)42-24)29(38)30(39)36(27)31-34-35-32(44-31)43-18-20-9-12-22(33)13-10-20/h8-15,17,27,38H,4-7,16,18H2,1-3H3. The molecular weight excluding hydrogens is 605 g/mol. The highest BCUT2D eigenvalue weighted by atomic mass is 32.2. The molecule has 0 saturated carbocycles. The SMILES string of the molecule is CCCCCOc1ccc(C2C(C(=O)c3ccc(C)o3)=C(O)C(=O)N2c2nnc(SCc3ccc(F)cc3)s2)cc1OCC. The van der Waals surface area contributed by atoms with Gasteiger partial charge in [-0.3, -0.25) is 14.5 Å². The number of furan rings is 1. The molecule has 1 N–H and O–H groups in total. The van der Waals surface area contributed by atoms with Gasteiger partial charge in [0.2, 0.25) is 10.9 Å². The molecule has 12 heteroatoms. The number of benzene rings is 2. The minimum absolute atomic E-state index is 0.00239. The smallest absolute Gasteiger partial charge is 0.296 e. The van der Waals surface area contributed by atoms with Crippen molar-refractivity contribution in [2.45, 2.75) is 56.2 Å². The summed E-state index contributed by atoms with van der Waals surface area (Å²) in [5, 5.41) is 19.8. The predicted octanol–water partition coefficient (Wildman–Crippen LogP) is 7.62. The average Bonchev–Trinajstić information content (AvgIpc) is 3.73. The van der Waals surface area contributed by atoms with Crippen molar-refractivity contribution in [3.05, 3.63) is 94.4 Å². The molecule has 0 saturated heterocycles. The van der Waals surface area contributed by atoms with Crippen molar-refractivity contribution in [1.29, 1.82) is 0 Å². The van der Waals surface area contributed by atoms with Crippen LogP contribution in [0.3, 0.4) is 0 Å². The summed E-state index contributed by atoms with van der Waals surface area (Å²) < 4.78 is 31.3. The number of aryl methyl sites for hydroxylation is 1. The van der Waals surface area contributed by atoms with E-state index in [1.165, 1.54) is 34.9 Å². The van der Waals surface area contributed by atoms with Crippen LogP contribution in [0.15, 0.2) is 74.7 Å². The number of aliphatic hydroxyl groups excluding tert-OH is 1. The van der Waals surface area contributed by atoms with Crippen LogP contribution in [0.5, 0.6) is 11.5 Å². The maximum atomic E-state index is 13.7. The Morgan fingerprint density at radius 3 is 2.57 bits per heavy atom. The molecule has 0 aliphatic carbocycles. The van der Waals surface area contributed by atoms with Gasteiger partial charge in [-0.25, -0.2) is 4.39 Å². The van der Waals surface area contributed by atoms with Gasteiger partial charge in [-0.15, -0.1) is 10.2 Å². The van der Waals surface area contributed by atoms with Gasteiger partial charge in [-0.05, 0) is 67.8 Å². The van der Waals surface area contributed by atoms with E-state index in [0.29, 0.717) is 46.1 Å². The second-order valence-corrected chi connectivity index (χ2v) is 12.2. The van der Waals surface area contributed by atoms with E-state index in [4.69, 9.17) is 13.9 Å². The third-order valence-corrected chi connectivity index (χ3v) is 9.01. The number of halogens is 1. The molecule has 1 aliphatic rings. The highest BCUT2D eigenvalue weighted by Crippen LogP contribution is 2.45. The molecule has 2 aromatic carbocycles. The topological polar surface area (TPSA) is 115 Å². The van der Waals surface area contributed by atoms with Gasteiger partial charge in [0.1, 0.15) is 11.6 Å². The number of thioether (sulfide) groups is 1. The van der Waals surface area contributed by atoms with E-state index in [-0.39, 0.29) is 22.3 Å². The van der Waals surface area contributed by atoms with Crippen molar-refractivity contribution in [2.75, 3.05) is 18.1 Å². The highest BCUT2D eigenvalue weighted by Gasteiger charge is 2.47. The summed E-state index contributed by atoms with van der Waals surface area (Å²) in [5.41, 5.74) is 1.26. The summed E-state index contributed by atoms with van der Waals surface area (Å²) in [6.07, 6.45) is 2.99. The number of hydrogen-bond donors (Lipinski definition) is 1. The number of hydrogen-bond acceptors (Lipinski definition) is 10. The Balaban J connectivity index is 1.50. The fraction of sp³-hybridized carbons (Fsp3) is 0.312. The fourth-order valence-corrected chi connectivity index (χ4v) is 6.56. The first-order chi connectivity index (χ1) is 21.3. The van der Waals surface area contributed by atoms with E-state index >= 15 is 0 Å². The number of nitrogens with zero attached hydrogens (tertiary/aromatic N) is 3. The molecule has 9 nitrogen and oxygen atoms in total. The van der Waals surface area contributed by atoms with Gasteiger partial charge in [-0.1, -0.05) is 61.1 Å². The minimum Gasteiger partial charge on any atom is -0.503 e. The number of unbranched alkanes of at least 4 members (excludes halogenated alkanes) is 2. The molecule has 2 aromatic heterocycles. The van der Waals surface area contributed by atoms with Gasteiger partial charge in [-0.2, -0.15) is 0 Å². The molecular formula is C32H32FN3O6S2. The lowest BCUT2D eigenvalue weighted by Gasteiger charge is -2.25. The Hall–Kier alpha value is -4.16. The number of ether oxygens (including phenoxy) is 2. The first-order valence-electron chi connectivity index (χ1n) is 14.3. The van der Waals surface area contributed by atoms with Crippen LogP contribution >= 0.6 is 23.1 Å². The summed E-state index contributed by atoms with van der Waals surface area (Å²) in [6.45, 7) is 6.56. The molecule has 44 heavy (non-hydrogen) atoms. The van der Waals surface area contributed by atoms with Gasteiger partial charge in [0.25, 0.3) is 5.91 Å². The van der Waals surface area contributed by atoms with Crippen molar-refractivity contribution in [2.24, 2.45) is 0 Å². The summed E-state index contributed by atoms with van der Waals surface area (Å²) >= 11 is 2.52. The van der Waals surface area contributed by atoms with Gasteiger partial charge in [0, 0.05) is 5.75 Å². The normalized spacial score (nSPS) is 14.9. The van der Waals surface area contributed by atoms with Crippen LogP contribution in [0.2, 0.25) is 0 Å². The van der Waals surface area contributed by atoms with E-state index in [9.17, 15) is 19.1 Å². The van der Waals surface area contributed by atoms with Gasteiger partial charge < -0.3 is 19.0 Å². The summed E-state index contributed by atoms with van der Waals surface area (Å²) in [6, 6.07) is 13.5. The number of aliphatic hydroxyl groups is 1. The summed E-state index contributed by atoms with van der Waals surface area (Å²) in [7, 11) is 0. The number of carbonyl (C=O) groups is 2. The predicted molar refractivity (Wildman–Crippen MR) is 166 cm³/mol. The van der Waals surface area contributed by atoms with E-state index in [1.807, 2.05) is 6.92 Å². The van der Waals surface area contributed by atoms with E-state index in [2.05, 4.69) is 17.1 Å². The third-order valence-electron chi connectivity index (χ3n) is 6.88. The van der Waals surface area contributed by atoms with E-state index in [0.717, 1.165) is 36.2 Å². The maximum Gasteiger partial charge on any atom is 0.296 e. The number of carbonyl (C=O) groups excluding carboxylic acids is 2. The van der Waals surface area contributed by atoms with Gasteiger partial charge in [0.15, 0.2) is 27.4 Å². The average molecular weight is 638 g/mol. The monoisotopic (exact) mass is 637 g/mol. The van der Waals surface area contributed by atoms with Crippen LogP contribution in [0.4, 0.5) is 9.52 Å². The van der Waals surface area contributed by atoms with Crippen molar-refractivity contribution in [3.8, 4) is 11.5 Å². The second kappa shape index (κ2) is 14.1. The Bertz CT molecular complexity index is 1670. The molecule has 0 radical (unpaired) electrons. The van der Waals surface area contributed by atoms with Crippen molar-refractivity contribution in [1.82, 2.24) is 10.2 Å². The molecule has 0 fully saturated rings. The number of aromatic nitrogens is 2. The molecule has 0 bridgehead atoms. The van der Waals surface area contributed by atoms with Crippen LogP contribution in [-0.4, -0.2) is 40.2 Å². The molecule has 4 aromatic rings. The van der Waals surface area contributed by atoms with E-state index < -0.39 is 23.5 Å². The Kier molecular flexibility index (Phi) is 10.0. The number of anilines is 1. The van der Waals surface area contributed by atoms with Crippen molar-refractivity contribution < 1.29 is 33.0 Å². The van der Waals surface area contributed by atoms with Gasteiger partial charge in [0.05, 0.1) is 24.8 Å². The lowest BCUT2D eigenvalue weighted by molar-refractivity contribution is -0.117. The molecule has 230 valence electrons. The zero-order valence-corrected chi connectivity index (χ0v) is 26.2. The summed E-state index contributed by atoms with van der Waals surface area (Å²) in [4.78, 5) is 28.6. The summed E-state index contributed by atoms with van der Waals surface area (Å²) in [5.74, 6) is -0.401. The zero-order valence-electron chi connectivity index (χ0n) is 24.5. The maximum absolute atomic E-state index is 13.7. The van der Waals surface area contributed by atoms with Crippen LogP contribution in [-0.2, 0) is 10.5 Å². The number of ketones is 1. The van der Waals surface area contributed by atoms with Crippen LogP contribution in [0.25, 0.3) is 0 Å². The lowest BCUT2D eigenvalue weighted by Crippen LogP contribution is -2.31. The lowest BCUT2D eigenvalue weighted by atomic mass is 9.95. The van der Waals surface area contributed by atoms with Crippen LogP contribution in [0.1, 0.15) is 66.6 Å². The third kappa shape index (κ3) is 6.81. The molecule has 1 aliphatic heterocycles. The molecule has 1 amide bonds. The largest absolute Gasteiger partial charge is 0.503 e. The Labute approximate surface area is 262 Å². The van der Waals surface area contributed by atoms with Crippen LogP contribution in [0, 0.1) is 12.7 Å². The molecule has 1 atom stereocenters. The Morgan fingerprint density at radius 1 is 1.07 bits per heavy atom. The molecule has 3 heterocycles. The van der Waals surface area contributed by atoms with Crippen LogP contribution < -0.4 is 14.4 Å². The van der Waals surface area contributed by atoms with E-state index in [1.54, 1.807) is 43.3 Å². The van der Waals surface area contributed by atoms with Crippen molar-refractivity contribution >= 4 is 39.9 Å². The van der Waals surface area contributed by atoms with Crippen molar-refractivity contribution in [3.63, 3.8) is 0 Å². The quantitative estimate of drug-likeness (QED) is 0.0645. The molecule has 0 spiro atoms. The molecule has 5 rings (SSSR count). The number of Topliss-reactive ketones (excluding diaryl/α,β-unsaturated/α-hetero) is 1. The zero-order chi connectivity index (χ0) is 31.2. The van der Waals surface area contributed by atoms with Gasteiger partial charge >= 0.3 is 0 Å². The number of rotatable bonds is 14. The number of amides is 1. The minimum atomic E-state index is -1.04. The first-order valence-corrected chi connectivity index (χ1v) is 16.1. The molecule has 1 unspecified atom stereocenters.